The zero-order valence-corrected chi connectivity index (χ0v) is 18.3. The Balaban J connectivity index is 1.33. The Bertz CT molecular complexity index is 902. The molecule has 2 aliphatic rings. The number of nitrogens with one attached hydrogen (secondary N) is 1. The Morgan fingerprint density at radius 1 is 0.800 bits per heavy atom. The second-order valence-electron chi connectivity index (χ2n) is 8.12. The minimum absolute atomic E-state index is 0.262. The minimum atomic E-state index is -3.44. The smallest absolute Gasteiger partial charge is 0.244 e. The van der Waals surface area contributed by atoms with Crippen LogP contribution in [0.5, 0.6) is 0 Å². The van der Waals surface area contributed by atoms with E-state index >= 15 is 0 Å². The van der Waals surface area contributed by atoms with Crippen molar-refractivity contribution in [2.75, 3.05) is 36.4 Å². The first-order valence-corrected chi connectivity index (χ1v) is 12.5. The van der Waals surface area contributed by atoms with E-state index in [0.717, 1.165) is 43.7 Å². The average molecular weight is 430 g/mol. The van der Waals surface area contributed by atoms with Gasteiger partial charge in [-0.15, -0.1) is 0 Å². The molecule has 162 valence electrons. The second-order valence-corrected chi connectivity index (χ2v) is 10.1. The molecule has 4 rings (SSSR count). The van der Waals surface area contributed by atoms with Crippen molar-refractivity contribution in [1.82, 2.24) is 14.3 Å². The third-order valence-corrected chi connectivity index (χ3v) is 7.78. The number of hydrogen-bond acceptors (Lipinski definition) is 6. The van der Waals surface area contributed by atoms with Crippen molar-refractivity contribution in [2.45, 2.75) is 56.4 Å². The van der Waals surface area contributed by atoms with Crippen LogP contribution in [-0.2, 0) is 16.6 Å². The zero-order valence-electron chi connectivity index (χ0n) is 17.5. The van der Waals surface area contributed by atoms with Crippen LogP contribution in [-0.4, -0.2) is 48.9 Å². The molecule has 1 N–H and O–H groups in total. The summed E-state index contributed by atoms with van der Waals surface area (Å²) in [5.41, 5.74) is 1.07. The number of rotatable bonds is 6. The lowest BCUT2D eigenvalue weighted by Crippen LogP contribution is -2.35. The predicted octanol–water partition coefficient (Wildman–Crippen LogP) is 3.64. The van der Waals surface area contributed by atoms with Gasteiger partial charge in [0.25, 0.3) is 0 Å². The molecule has 0 amide bonds. The van der Waals surface area contributed by atoms with Crippen molar-refractivity contribution in [2.24, 2.45) is 0 Å². The van der Waals surface area contributed by atoms with Gasteiger partial charge in [-0.2, -0.15) is 4.31 Å². The number of sulfonamides is 1. The van der Waals surface area contributed by atoms with Gasteiger partial charge in [0, 0.05) is 45.1 Å². The molecule has 0 aromatic carbocycles. The van der Waals surface area contributed by atoms with E-state index in [2.05, 4.69) is 32.3 Å². The second kappa shape index (κ2) is 9.75. The molecule has 0 unspecified atom stereocenters. The Labute approximate surface area is 179 Å². The monoisotopic (exact) mass is 429 g/mol. The van der Waals surface area contributed by atoms with Crippen molar-refractivity contribution in [3.05, 3.63) is 42.2 Å². The van der Waals surface area contributed by atoms with Crippen molar-refractivity contribution in [1.29, 1.82) is 0 Å². The van der Waals surface area contributed by atoms with Crippen LogP contribution in [0, 0.1) is 0 Å². The maximum atomic E-state index is 12.7. The van der Waals surface area contributed by atoms with Gasteiger partial charge in [0.2, 0.25) is 10.0 Å². The molecule has 0 saturated carbocycles. The van der Waals surface area contributed by atoms with Crippen LogP contribution in [0.15, 0.2) is 41.6 Å². The number of nitrogens with zero attached hydrogens (tertiary/aromatic N) is 4. The number of piperidine rings is 1. The van der Waals surface area contributed by atoms with E-state index in [1.165, 1.54) is 31.9 Å². The fraction of sp³-hybridized carbons (Fsp3) is 0.545. The summed E-state index contributed by atoms with van der Waals surface area (Å²) in [6, 6.07) is 7.55. The molecule has 2 aromatic heterocycles. The molecular formula is C22H31N5O2S. The molecule has 8 heteroatoms. The average Bonchev–Trinajstić information content (AvgIpc) is 3.09. The third kappa shape index (κ3) is 5.10. The zero-order chi connectivity index (χ0) is 20.8. The van der Waals surface area contributed by atoms with Gasteiger partial charge < -0.3 is 10.2 Å². The first kappa shape index (κ1) is 21.1. The summed E-state index contributed by atoms with van der Waals surface area (Å²) < 4.78 is 27.0. The Hall–Kier alpha value is -2.19. The lowest BCUT2D eigenvalue weighted by atomic mass is 10.2. The summed E-state index contributed by atoms with van der Waals surface area (Å²) in [5, 5.41) is 3.26. The van der Waals surface area contributed by atoms with E-state index in [9.17, 15) is 8.42 Å². The van der Waals surface area contributed by atoms with E-state index in [4.69, 9.17) is 0 Å². The molecule has 0 radical (unpaired) electrons. The maximum absolute atomic E-state index is 12.7. The van der Waals surface area contributed by atoms with Gasteiger partial charge in [0.05, 0.1) is 0 Å². The van der Waals surface area contributed by atoms with Crippen LogP contribution in [0.25, 0.3) is 0 Å². The highest BCUT2D eigenvalue weighted by atomic mass is 32.2. The molecule has 0 bridgehead atoms. The van der Waals surface area contributed by atoms with Crippen molar-refractivity contribution in [3.63, 3.8) is 0 Å². The van der Waals surface area contributed by atoms with Crippen LogP contribution in [0.4, 0.5) is 11.6 Å². The molecule has 7 nitrogen and oxygen atoms in total. The largest absolute Gasteiger partial charge is 0.366 e. The predicted molar refractivity (Wildman–Crippen MR) is 119 cm³/mol. The standard InChI is InChI=1S/C22H31N5O2S/c28-30(29,27-14-6-3-7-15-27)20-9-10-21(24-18-20)23-16-19-8-11-22(25-17-19)26-12-4-1-2-5-13-26/h8-11,17-18H,1-7,12-16H2,(H,23,24). The van der Waals surface area contributed by atoms with Crippen molar-refractivity contribution >= 4 is 21.7 Å². The topological polar surface area (TPSA) is 78.4 Å². The highest BCUT2D eigenvalue weighted by Gasteiger charge is 2.26. The molecule has 0 atom stereocenters. The fourth-order valence-electron chi connectivity index (χ4n) is 4.09. The highest BCUT2D eigenvalue weighted by Crippen LogP contribution is 2.21. The SMILES string of the molecule is O=S(=O)(c1ccc(NCc2ccc(N3CCCCCC3)nc2)nc1)N1CCCCC1. The molecule has 2 saturated heterocycles. The van der Waals surface area contributed by atoms with E-state index in [1.807, 2.05) is 6.20 Å². The van der Waals surface area contributed by atoms with E-state index in [1.54, 1.807) is 16.4 Å². The summed E-state index contributed by atoms with van der Waals surface area (Å²) in [6.07, 6.45) is 11.4. The first-order chi connectivity index (χ1) is 14.6. The van der Waals surface area contributed by atoms with Crippen LogP contribution in [0.1, 0.15) is 50.5 Å². The number of pyridine rings is 2. The number of aromatic nitrogens is 2. The molecule has 30 heavy (non-hydrogen) atoms. The Morgan fingerprint density at radius 2 is 1.50 bits per heavy atom. The highest BCUT2D eigenvalue weighted by molar-refractivity contribution is 7.89. The van der Waals surface area contributed by atoms with Crippen molar-refractivity contribution < 1.29 is 8.42 Å². The number of anilines is 2. The van der Waals surface area contributed by atoms with E-state index in [-0.39, 0.29) is 4.90 Å². The van der Waals surface area contributed by atoms with Gasteiger partial charge in [0.1, 0.15) is 16.5 Å². The molecular weight excluding hydrogens is 398 g/mol. The maximum Gasteiger partial charge on any atom is 0.244 e. The van der Waals surface area contributed by atoms with Crippen LogP contribution in [0.3, 0.4) is 0 Å². The van der Waals surface area contributed by atoms with Gasteiger partial charge >= 0.3 is 0 Å². The third-order valence-electron chi connectivity index (χ3n) is 5.90. The summed E-state index contributed by atoms with van der Waals surface area (Å²) in [5.74, 6) is 1.70. The van der Waals surface area contributed by atoms with Crippen LogP contribution in [0.2, 0.25) is 0 Å². The molecule has 2 fully saturated rings. The minimum Gasteiger partial charge on any atom is -0.366 e. The first-order valence-electron chi connectivity index (χ1n) is 11.0. The van der Waals surface area contributed by atoms with Crippen LogP contribution >= 0.6 is 0 Å². The number of hydrogen-bond donors (Lipinski definition) is 1. The summed E-state index contributed by atoms with van der Waals surface area (Å²) in [4.78, 5) is 11.6. The van der Waals surface area contributed by atoms with Gasteiger partial charge in [-0.25, -0.2) is 18.4 Å². The Kier molecular flexibility index (Phi) is 6.84. The molecule has 0 spiro atoms. The fourth-order valence-corrected chi connectivity index (χ4v) is 5.56. The van der Waals surface area contributed by atoms with Crippen molar-refractivity contribution in [3.8, 4) is 0 Å². The van der Waals surface area contributed by atoms with E-state index in [0.29, 0.717) is 25.5 Å². The molecule has 4 heterocycles. The normalized spacial score (nSPS) is 18.7. The lowest BCUT2D eigenvalue weighted by Gasteiger charge is -2.25. The van der Waals surface area contributed by atoms with Gasteiger partial charge in [0.15, 0.2) is 0 Å². The van der Waals surface area contributed by atoms with Gasteiger partial charge in [-0.3, -0.25) is 0 Å². The van der Waals surface area contributed by atoms with Gasteiger partial charge in [-0.05, 0) is 49.4 Å². The van der Waals surface area contributed by atoms with E-state index < -0.39 is 10.0 Å². The summed E-state index contributed by atoms with van der Waals surface area (Å²) in [6.45, 7) is 3.96. The summed E-state index contributed by atoms with van der Waals surface area (Å²) >= 11 is 0. The van der Waals surface area contributed by atoms with Gasteiger partial charge in [-0.1, -0.05) is 25.3 Å². The molecule has 2 aliphatic heterocycles. The molecule has 2 aromatic rings. The molecule has 0 aliphatic carbocycles. The lowest BCUT2D eigenvalue weighted by molar-refractivity contribution is 0.346. The summed E-state index contributed by atoms with van der Waals surface area (Å²) in [7, 11) is -3.44. The van der Waals surface area contributed by atoms with Crippen LogP contribution < -0.4 is 10.2 Å². The Morgan fingerprint density at radius 3 is 2.13 bits per heavy atom. The quantitative estimate of drug-likeness (QED) is 0.755.